The lowest BCUT2D eigenvalue weighted by Crippen LogP contribution is -2.22. The van der Waals surface area contributed by atoms with Gasteiger partial charge in [-0.05, 0) is 52.0 Å². The van der Waals surface area contributed by atoms with Gasteiger partial charge in [-0.15, -0.1) is 0 Å². The molecule has 0 aliphatic rings. The number of carbonyl (C=O) groups is 1. The van der Waals surface area contributed by atoms with E-state index in [0.717, 1.165) is 48.7 Å². The SMILES string of the molecule is CCN(CC)c1ccc(C(=NOC(C)=O)c2ccc(N(CC)CC)cc2)cc1. The van der Waals surface area contributed by atoms with Crippen LogP contribution < -0.4 is 9.80 Å². The molecular weight excluding hydrogens is 350 g/mol. The normalized spacial score (nSPS) is 10.3. The number of hydrogen-bond acceptors (Lipinski definition) is 5. The third kappa shape index (κ3) is 5.35. The molecule has 0 fully saturated rings. The van der Waals surface area contributed by atoms with E-state index in [1.165, 1.54) is 6.92 Å². The molecule has 0 amide bonds. The molecule has 2 aromatic rings. The van der Waals surface area contributed by atoms with Gasteiger partial charge in [0.15, 0.2) is 0 Å². The second kappa shape index (κ2) is 10.5. The second-order valence-electron chi connectivity index (χ2n) is 6.46. The summed E-state index contributed by atoms with van der Waals surface area (Å²) in [6.45, 7) is 13.7. The largest absolute Gasteiger partial charge is 0.372 e. The Bertz CT molecular complexity index is 717. The number of carbonyl (C=O) groups excluding carboxylic acids is 1. The standard InChI is InChI=1S/C23H31N3O2/c1-6-25(7-2)21-14-10-19(11-15-21)23(24-28-18(5)27)20-12-16-22(17-13-20)26(8-3)9-4/h10-17H,6-9H2,1-5H3. The first-order valence-electron chi connectivity index (χ1n) is 10.00. The molecule has 0 aromatic heterocycles. The molecule has 0 aliphatic carbocycles. The zero-order valence-electron chi connectivity index (χ0n) is 17.6. The predicted molar refractivity (Wildman–Crippen MR) is 117 cm³/mol. The highest BCUT2D eigenvalue weighted by Gasteiger charge is 2.11. The van der Waals surface area contributed by atoms with Crippen molar-refractivity contribution in [1.82, 2.24) is 0 Å². The van der Waals surface area contributed by atoms with Gasteiger partial charge in [0, 0.05) is 55.6 Å². The molecular formula is C23H31N3O2. The molecule has 150 valence electrons. The monoisotopic (exact) mass is 381 g/mol. The number of nitrogens with zero attached hydrogens (tertiary/aromatic N) is 3. The number of oxime groups is 1. The lowest BCUT2D eigenvalue weighted by atomic mass is 10.0. The van der Waals surface area contributed by atoms with E-state index in [1.54, 1.807) is 0 Å². The van der Waals surface area contributed by atoms with Crippen LogP contribution >= 0.6 is 0 Å². The highest BCUT2D eigenvalue weighted by molar-refractivity contribution is 6.13. The zero-order valence-corrected chi connectivity index (χ0v) is 17.6. The maximum absolute atomic E-state index is 11.3. The van der Waals surface area contributed by atoms with Gasteiger partial charge in [0.25, 0.3) is 0 Å². The van der Waals surface area contributed by atoms with Crippen LogP contribution in [0.25, 0.3) is 0 Å². The summed E-state index contributed by atoms with van der Waals surface area (Å²) in [5.41, 5.74) is 4.79. The van der Waals surface area contributed by atoms with Gasteiger partial charge in [0.1, 0.15) is 5.71 Å². The lowest BCUT2D eigenvalue weighted by molar-refractivity contribution is -0.140. The van der Waals surface area contributed by atoms with Crippen molar-refractivity contribution in [3.63, 3.8) is 0 Å². The highest BCUT2D eigenvalue weighted by atomic mass is 16.7. The lowest BCUT2D eigenvalue weighted by Gasteiger charge is -2.22. The fourth-order valence-electron chi connectivity index (χ4n) is 3.22. The molecule has 0 heterocycles. The molecule has 0 aliphatic heterocycles. The minimum Gasteiger partial charge on any atom is -0.372 e. The first-order valence-corrected chi connectivity index (χ1v) is 10.00. The van der Waals surface area contributed by atoms with Gasteiger partial charge in [0.2, 0.25) is 0 Å². The zero-order chi connectivity index (χ0) is 20.5. The second-order valence-corrected chi connectivity index (χ2v) is 6.46. The smallest absolute Gasteiger partial charge is 0.332 e. The summed E-state index contributed by atoms with van der Waals surface area (Å²) in [6, 6.07) is 16.4. The molecule has 2 rings (SSSR count). The molecule has 0 radical (unpaired) electrons. The van der Waals surface area contributed by atoms with Crippen LogP contribution in [0.1, 0.15) is 45.7 Å². The summed E-state index contributed by atoms with van der Waals surface area (Å²) in [6.07, 6.45) is 0. The number of rotatable bonds is 9. The van der Waals surface area contributed by atoms with Crippen LogP contribution in [0.3, 0.4) is 0 Å². The summed E-state index contributed by atoms with van der Waals surface area (Å²) in [4.78, 5) is 20.9. The van der Waals surface area contributed by atoms with Crippen LogP contribution in [0.5, 0.6) is 0 Å². The molecule has 0 unspecified atom stereocenters. The molecule has 0 saturated carbocycles. The number of benzene rings is 2. The van der Waals surface area contributed by atoms with Crippen molar-refractivity contribution < 1.29 is 9.63 Å². The van der Waals surface area contributed by atoms with Crippen LogP contribution in [0, 0.1) is 0 Å². The van der Waals surface area contributed by atoms with Crippen molar-refractivity contribution in [3.05, 3.63) is 59.7 Å². The van der Waals surface area contributed by atoms with E-state index in [1.807, 2.05) is 24.3 Å². The van der Waals surface area contributed by atoms with Crippen LogP contribution in [-0.2, 0) is 9.63 Å². The van der Waals surface area contributed by atoms with Crippen molar-refractivity contribution in [3.8, 4) is 0 Å². The first-order chi connectivity index (χ1) is 13.5. The molecule has 0 N–H and O–H groups in total. The molecule has 0 bridgehead atoms. The van der Waals surface area contributed by atoms with Crippen LogP contribution in [0.2, 0.25) is 0 Å². The minimum atomic E-state index is -0.433. The van der Waals surface area contributed by atoms with E-state index in [0.29, 0.717) is 5.71 Å². The summed E-state index contributed by atoms with van der Waals surface area (Å²) < 4.78 is 0. The van der Waals surface area contributed by atoms with Gasteiger partial charge < -0.3 is 14.6 Å². The van der Waals surface area contributed by atoms with Crippen LogP contribution in [-0.4, -0.2) is 37.9 Å². The van der Waals surface area contributed by atoms with E-state index in [2.05, 4.69) is 66.9 Å². The van der Waals surface area contributed by atoms with E-state index >= 15 is 0 Å². The van der Waals surface area contributed by atoms with Gasteiger partial charge in [0.05, 0.1) is 0 Å². The van der Waals surface area contributed by atoms with Gasteiger partial charge in [-0.25, -0.2) is 4.79 Å². The average Bonchev–Trinajstić information content (AvgIpc) is 2.72. The Morgan fingerprint density at radius 3 is 1.39 bits per heavy atom. The Balaban J connectivity index is 2.37. The van der Waals surface area contributed by atoms with Gasteiger partial charge in [-0.2, -0.15) is 0 Å². The first kappa shape index (κ1) is 21.5. The van der Waals surface area contributed by atoms with Crippen LogP contribution in [0.15, 0.2) is 53.7 Å². The van der Waals surface area contributed by atoms with Crippen molar-refractivity contribution in [2.24, 2.45) is 5.16 Å². The molecule has 0 saturated heterocycles. The molecule has 0 spiro atoms. The van der Waals surface area contributed by atoms with Gasteiger partial charge in [-0.3, -0.25) is 0 Å². The summed E-state index contributed by atoms with van der Waals surface area (Å²) in [7, 11) is 0. The van der Waals surface area contributed by atoms with Crippen molar-refractivity contribution in [2.75, 3.05) is 36.0 Å². The maximum Gasteiger partial charge on any atom is 0.332 e. The fraction of sp³-hybridized carbons (Fsp3) is 0.391. The molecule has 5 heteroatoms. The van der Waals surface area contributed by atoms with Gasteiger partial charge >= 0.3 is 5.97 Å². The quantitative estimate of drug-likeness (QED) is 0.359. The van der Waals surface area contributed by atoms with E-state index in [-0.39, 0.29) is 0 Å². The van der Waals surface area contributed by atoms with E-state index < -0.39 is 5.97 Å². The van der Waals surface area contributed by atoms with Crippen LogP contribution in [0.4, 0.5) is 11.4 Å². The predicted octanol–water partition coefficient (Wildman–Crippen LogP) is 4.69. The Hall–Kier alpha value is -2.82. The molecule has 2 aromatic carbocycles. The summed E-state index contributed by atoms with van der Waals surface area (Å²) >= 11 is 0. The third-order valence-corrected chi connectivity index (χ3v) is 4.80. The van der Waals surface area contributed by atoms with E-state index in [9.17, 15) is 4.79 Å². The van der Waals surface area contributed by atoms with Crippen molar-refractivity contribution in [1.29, 1.82) is 0 Å². The Kier molecular flexibility index (Phi) is 8.05. The number of anilines is 2. The van der Waals surface area contributed by atoms with Gasteiger partial charge in [-0.1, -0.05) is 29.4 Å². The minimum absolute atomic E-state index is 0.433. The Morgan fingerprint density at radius 2 is 1.11 bits per heavy atom. The molecule has 5 nitrogen and oxygen atoms in total. The Labute approximate surface area is 168 Å². The average molecular weight is 382 g/mol. The third-order valence-electron chi connectivity index (χ3n) is 4.80. The van der Waals surface area contributed by atoms with Crippen molar-refractivity contribution >= 4 is 23.1 Å². The number of hydrogen-bond donors (Lipinski definition) is 0. The molecule has 28 heavy (non-hydrogen) atoms. The maximum atomic E-state index is 11.3. The molecule has 0 atom stereocenters. The highest BCUT2D eigenvalue weighted by Crippen LogP contribution is 2.21. The van der Waals surface area contributed by atoms with E-state index in [4.69, 9.17) is 4.84 Å². The van der Waals surface area contributed by atoms with Crippen molar-refractivity contribution in [2.45, 2.75) is 34.6 Å². The Morgan fingerprint density at radius 1 is 0.750 bits per heavy atom. The summed E-state index contributed by atoms with van der Waals surface area (Å²) in [5, 5.41) is 4.13. The summed E-state index contributed by atoms with van der Waals surface area (Å²) in [5.74, 6) is -0.433. The fourth-order valence-corrected chi connectivity index (χ4v) is 3.22. The topological polar surface area (TPSA) is 45.1 Å².